The Labute approximate surface area is 173 Å². The Bertz CT molecular complexity index is 983. The number of nitro benzene ring substituents is 1. The van der Waals surface area contributed by atoms with E-state index in [0.717, 1.165) is 11.1 Å². The number of amides is 2. The standard InChI is InChI=1S/C23H21N3O4/c27-22(23(28)25-20-13-7-8-14-21(20)26(29)30)24-16-15-19(17-9-3-1-4-10-17)18-11-5-2-6-12-18/h1-14,19H,15-16H2,(H,24,27)(H,25,28). The maximum atomic E-state index is 12.2. The largest absolute Gasteiger partial charge is 0.348 e. The molecule has 0 atom stereocenters. The molecule has 30 heavy (non-hydrogen) atoms. The van der Waals surface area contributed by atoms with E-state index in [2.05, 4.69) is 10.6 Å². The lowest BCUT2D eigenvalue weighted by atomic mass is 9.88. The minimum Gasteiger partial charge on any atom is -0.348 e. The van der Waals surface area contributed by atoms with E-state index in [1.807, 2.05) is 60.7 Å². The van der Waals surface area contributed by atoms with Crippen LogP contribution in [0.4, 0.5) is 11.4 Å². The van der Waals surface area contributed by atoms with Gasteiger partial charge in [-0.25, -0.2) is 0 Å². The van der Waals surface area contributed by atoms with Crippen molar-refractivity contribution >= 4 is 23.2 Å². The highest BCUT2D eigenvalue weighted by Crippen LogP contribution is 2.27. The number of nitrogens with one attached hydrogen (secondary N) is 2. The topological polar surface area (TPSA) is 101 Å². The Kier molecular flexibility index (Phi) is 6.89. The Morgan fingerprint density at radius 1 is 0.800 bits per heavy atom. The summed E-state index contributed by atoms with van der Waals surface area (Å²) in [5.41, 5.74) is 1.94. The van der Waals surface area contributed by atoms with Gasteiger partial charge >= 0.3 is 11.8 Å². The molecule has 0 heterocycles. The van der Waals surface area contributed by atoms with E-state index in [-0.39, 0.29) is 23.8 Å². The van der Waals surface area contributed by atoms with E-state index in [9.17, 15) is 19.7 Å². The number of anilines is 1. The normalized spacial score (nSPS) is 10.4. The molecule has 0 saturated carbocycles. The highest BCUT2D eigenvalue weighted by Gasteiger charge is 2.20. The molecule has 0 spiro atoms. The highest BCUT2D eigenvalue weighted by atomic mass is 16.6. The van der Waals surface area contributed by atoms with Crippen molar-refractivity contribution in [2.24, 2.45) is 0 Å². The van der Waals surface area contributed by atoms with Crippen molar-refractivity contribution in [3.05, 3.63) is 106 Å². The molecule has 7 heteroatoms. The molecule has 3 rings (SSSR count). The summed E-state index contributed by atoms with van der Waals surface area (Å²) in [6, 6.07) is 25.5. The van der Waals surface area contributed by atoms with E-state index < -0.39 is 16.7 Å². The molecule has 0 aromatic heterocycles. The zero-order valence-electron chi connectivity index (χ0n) is 16.2. The van der Waals surface area contributed by atoms with Crippen molar-refractivity contribution in [3.63, 3.8) is 0 Å². The summed E-state index contributed by atoms with van der Waals surface area (Å²) in [4.78, 5) is 34.8. The third-order valence-electron chi connectivity index (χ3n) is 4.68. The maximum Gasteiger partial charge on any atom is 0.313 e. The van der Waals surface area contributed by atoms with Crippen LogP contribution in [0.5, 0.6) is 0 Å². The zero-order valence-corrected chi connectivity index (χ0v) is 16.2. The molecule has 0 bridgehead atoms. The molecule has 0 unspecified atom stereocenters. The Morgan fingerprint density at radius 3 is 1.90 bits per heavy atom. The van der Waals surface area contributed by atoms with E-state index in [4.69, 9.17) is 0 Å². The Hall–Kier alpha value is -4.00. The second-order valence-corrected chi connectivity index (χ2v) is 6.65. The average molecular weight is 403 g/mol. The van der Waals surface area contributed by atoms with E-state index in [1.54, 1.807) is 6.07 Å². The molecule has 0 aliphatic rings. The van der Waals surface area contributed by atoms with Crippen LogP contribution in [-0.4, -0.2) is 23.3 Å². The van der Waals surface area contributed by atoms with Crippen molar-refractivity contribution in [2.75, 3.05) is 11.9 Å². The van der Waals surface area contributed by atoms with Gasteiger partial charge < -0.3 is 10.6 Å². The fourth-order valence-corrected chi connectivity index (χ4v) is 3.22. The molecule has 0 aliphatic heterocycles. The van der Waals surface area contributed by atoms with E-state index in [1.165, 1.54) is 18.2 Å². The molecular weight excluding hydrogens is 382 g/mol. The predicted octanol–water partition coefficient (Wildman–Crippen LogP) is 3.87. The molecule has 2 amide bonds. The Balaban J connectivity index is 1.62. The smallest absolute Gasteiger partial charge is 0.313 e. The monoisotopic (exact) mass is 403 g/mol. The molecule has 152 valence electrons. The second-order valence-electron chi connectivity index (χ2n) is 6.65. The van der Waals surface area contributed by atoms with E-state index in [0.29, 0.717) is 6.42 Å². The van der Waals surface area contributed by atoms with Gasteiger partial charge in [-0.2, -0.15) is 0 Å². The first-order valence-corrected chi connectivity index (χ1v) is 9.48. The van der Waals surface area contributed by atoms with Crippen LogP contribution in [0.15, 0.2) is 84.9 Å². The number of hydrogen-bond donors (Lipinski definition) is 2. The van der Waals surface area contributed by atoms with Gasteiger partial charge in [-0.1, -0.05) is 72.8 Å². The summed E-state index contributed by atoms with van der Waals surface area (Å²) >= 11 is 0. The molecular formula is C23H21N3O4. The number of benzene rings is 3. The molecule has 0 saturated heterocycles. The van der Waals surface area contributed by atoms with Crippen molar-refractivity contribution < 1.29 is 14.5 Å². The van der Waals surface area contributed by atoms with Crippen molar-refractivity contribution in [3.8, 4) is 0 Å². The van der Waals surface area contributed by atoms with Gasteiger partial charge in [-0.15, -0.1) is 0 Å². The van der Waals surface area contributed by atoms with Gasteiger partial charge in [-0.3, -0.25) is 19.7 Å². The van der Waals surface area contributed by atoms with Crippen LogP contribution >= 0.6 is 0 Å². The lowest BCUT2D eigenvalue weighted by Gasteiger charge is -2.18. The third-order valence-corrected chi connectivity index (χ3v) is 4.68. The van der Waals surface area contributed by atoms with Crippen LogP contribution in [0.3, 0.4) is 0 Å². The van der Waals surface area contributed by atoms with Crippen molar-refractivity contribution in [1.82, 2.24) is 5.32 Å². The van der Waals surface area contributed by atoms with Gasteiger partial charge in [0.05, 0.1) is 4.92 Å². The first kappa shape index (κ1) is 20.7. The second kappa shape index (κ2) is 9.97. The number of nitro groups is 1. The predicted molar refractivity (Wildman–Crippen MR) is 114 cm³/mol. The highest BCUT2D eigenvalue weighted by molar-refractivity contribution is 6.39. The third kappa shape index (κ3) is 5.29. The molecule has 3 aromatic carbocycles. The fourth-order valence-electron chi connectivity index (χ4n) is 3.22. The molecule has 3 aromatic rings. The molecule has 0 fully saturated rings. The van der Waals surface area contributed by atoms with Gasteiger partial charge in [0.15, 0.2) is 0 Å². The molecule has 2 N–H and O–H groups in total. The molecule has 0 radical (unpaired) electrons. The van der Waals surface area contributed by atoms with Crippen LogP contribution < -0.4 is 10.6 Å². The van der Waals surface area contributed by atoms with Crippen LogP contribution in [0, 0.1) is 10.1 Å². The molecule has 7 nitrogen and oxygen atoms in total. The van der Waals surface area contributed by atoms with Gasteiger partial charge in [-0.05, 0) is 23.6 Å². The van der Waals surface area contributed by atoms with Crippen LogP contribution in [0.25, 0.3) is 0 Å². The Morgan fingerprint density at radius 2 is 1.33 bits per heavy atom. The first-order chi connectivity index (χ1) is 14.6. The summed E-state index contributed by atoms with van der Waals surface area (Å²) in [5.74, 6) is -1.72. The van der Waals surface area contributed by atoms with Gasteiger partial charge in [0, 0.05) is 18.5 Å². The summed E-state index contributed by atoms with van der Waals surface area (Å²) in [7, 11) is 0. The summed E-state index contributed by atoms with van der Waals surface area (Å²) in [6.45, 7) is 0.275. The quantitative estimate of drug-likeness (QED) is 0.355. The van der Waals surface area contributed by atoms with Crippen molar-refractivity contribution in [1.29, 1.82) is 0 Å². The fraction of sp³-hybridized carbons (Fsp3) is 0.130. The zero-order chi connectivity index (χ0) is 21.3. The van der Waals surface area contributed by atoms with Crippen LogP contribution in [0.1, 0.15) is 23.5 Å². The number of carbonyl (C=O) groups excluding carboxylic acids is 2. The number of hydrogen-bond acceptors (Lipinski definition) is 4. The summed E-state index contributed by atoms with van der Waals surface area (Å²) in [6.07, 6.45) is 0.596. The minimum atomic E-state index is -0.944. The SMILES string of the molecule is O=C(NCCC(c1ccccc1)c1ccccc1)C(=O)Nc1ccccc1[N+](=O)[O-]. The van der Waals surface area contributed by atoms with Gasteiger partial charge in [0.25, 0.3) is 5.69 Å². The average Bonchev–Trinajstić information content (AvgIpc) is 2.78. The number of rotatable bonds is 7. The van der Waals surface area contributed by atoms with E-state index >= 15 is 0 Å². The lowest BCUT2D eigenvalue weighted by molar-refractivity contribution is -0.383. The summed E-state index contributed by atoms with van der Waals surface area (Å²) < 4.78 is 0. The first-order valence-electron chi connectivity index (χ1n) is 9.48. The molecule has 0 aliphatic carbocycles. The van der Waals surface area contributed by atoms with Crippen molar-refractivity contribution in [2.45, 2.75) is 12.3 Å². The summed E-state index contributed by atoms with van der Waals surface area (Å²) in [5, 5.41) is 15.9. The van der Waals surface area contributed by atoms with Gasteiger partial charge in [0.1, 0.15) is 5.69 Å². The lowest BCUT2D eigenvalue weighted by Crippen LogP contribution is -2.36. The maximum absolute atomic E-state index is 12.2. The minimum absolute atomic E-state index is 0.0194. The number of para-hydroxylation sites is 2. The van der Waals surface area contributed by atoms with Gasteiger partial charge in [0.2, 0.25) is 0 Å². The van der Waals surface area contributed by atoms with Crippen LogP contribution in [-0.2, 0) is 9.59 Å². The van der Waals surface area contributed by atoms with Crippen LogP contribution in [0.2, 0.25) is 0 Å². The number of carbonyl (C=O) groups is 2. The number of nitrogens with zero attached hydrogens (tertiary/aromatic N) is 1.